The summed E-state index contributed by atoms with van der Waals surface area (Å²) in [6.07, 6.45) is 0.746. The fourth-order valence-electron chi connectivity index (χ4n) is 2.29. The molecule has 110 valence electrons. The van der Waals surface area contributed by atoms with E-state index in [9.17, 15) is 4.39 Å². The minimum absolute atomic E-state index is 0.175. The molecule has 1 aliphatic heterocycles. The first-order valence-electron chi connectivity index (χ1n) is 7.26. The van der Waals surface area contributed by atoms with Crippen LogP contribution in [0.4, 0.5) is 4.39 Å². The highest BCUT2D eigenvalue weighted by atomic mass is 19.1. The van der Waals surface area contributed by atoms with Crippen molar-refractivity contribution in [3.8, 4) is 0 Å². The van der Waals surface area contributed by atoms with Crippen molar-refractivity contribution in [3.63, 3.8) is 0 Å². The molecule has 1 fully saturated rings. The summed E-state index contributed by atoms with van der Waals surface area (Å²) in [4.78, 5) is 0. The van der Waals surface area contributed by atoms with Crippen LogP contribution in [0.2, 0.25) is 0 Å². The van der Waals surface area contributed by atoms with Crippen LogP contribution in [0.25, 0.3) is 0 Å². The van der Waals surface area contributed by atoms with Crippen molar-refractivity contribution < 1.29 is 13.7 Å². The molecule has 0 aliphatic carbocycles. The van der Waals surface area contributed by atoms with Gasteiger partial charge in [0.2, 0.25) is 0 Å². The van der Waals surface area contributed by atoms with Crippen LogP contribution in [0.1, 0.15) is 47.1 Å². The van der Waals surface area contributed by atoms with Crippen LogP contribution in [-0.2, 0) is 15.7 Å². The fraction of sp³-hybridized carbons (Fsp3) is 0.625. The third-order valence-corrected chi connectivity index (χ3v) is 4.23. The molecule has 0 N–H and O–H groups in total. The number of hydrogen-bond donors (Lipinski definition) is 0. The van der Waals surface area contributed by atoms with Crippen LogP contribution in [-0.4, -0.2) is 18.3 Å². The van der Waals surface area contributed by atoms with Crippen molar-refractivity contribution in [2.45, 2.75) is 59.2 Å². The second kappa shape index (κ2) is 5.16. The second-order valence-corrected chi connectivity index (χ2v) is 7.04. The van der Waals surface area contributed by atoms with Gasteiger partial charge in [0.25, 0.3) is 0 Å². The van der Waals surface area contributed by atoms with Gasteiger partial charge in [0.05, 0.1) is 11.2 Å². The van der Waals surface area contributed by atoms with E-state index in [1.165, 1.54) is 0 Å². The first kappa shape index (κ1) is 15.5. The third-order valence-electron chi connectivity index (χ3n) is 4.23. The zero-order valence-corrected chi connectivity index (χ0v) is 13.3. The molecule has 1 aromatic carbocycles. The molecule has 1 saturated heterocycles. The van der Waals surface area contributed by atoms with E-state index in [4.69, 9.17) is 9.31 Å². The molecule has 0 unspecified atom stereocenters. The summed E-state index contributed by atoms with van der Waals surface area (Å²) in [7, 11) is -0.498. The molecule has 2 nitrogen and oxygen atoms in total. The van der Waals surface area contributed by atoms with Gasteiger partial charge in [-0.05, 0) is 57.1 Å². The summed E-state index contributed by atoms with van der Waals surface area (Å²) >= 11 is 0. The van der Waals surface area contributed by atoms with Gasteiger partial charge in [0.15, 0.2) is 0 Å². The summed E-state index contributed by atoms with van der Waals surface area (Å²) in [6, 6.07) is 5.29. The highest BCUT2D eigenvalue weighted by Crippen LogP contribution is 2.36. The predicted molar refractivity (Wildman–Crippen MR) is 80.7 cm³/mol. The van der Waals surface area contributed by atoms with Crippen molar-refractivity contribution in [3.05, 3.63) is 29.6 Å². The number of benzene rings is 1. The van der Waals surface area contributed by atoms with Crippen molar-refractivity contribution in [2.75, 3.05) is 0 Å². The lowest BCUT2D eigenvalue weighted by atomic mass is 9.78. The van der Waals surface area contributed by atoms with Crippen LogP contribution in [0.5, 0.6) is 0 Å². The molecule has 1 aliphatic rings. The van der Waals surface area contributed by atoms with Gasteiger partial charge >= 0.3 is 7.12 Å². The Morgan fingerprint density at radius 2 is 1.65 bits per heavy atom. The Kier molecular flexibility index (Phi) is 4.00. The topological polar surface area (TPSA) is 18.5 Å². The minimum Gasteiger partial charge on any atom is -0.399 e. The highest BCUT2D eigenvalue weighted by Gasteiger charge is 2.51. The maximum absolute atomic E-state index is 14.1. The predicted octanol–water partition coefficient (Wildman–Crippen LogP) is 3.32. The largest absolute Gasteiger partial charge is 0.494 e. The molecule has 0 radical (unpaired) electrons. The van der Waals surface area contributed by atoms with E-state index in [0.29, 0.717) is 5.92 Å². The van der Waals surface area contributed by atoms with Crippen molar-refractivity contribution in [2.24, 2.45) is 5.92 Å². The van der Waals surface area contributed by atoms with Crippen LogP contribution >= 0.6 is 0 Å². The summed E-state index contributed by atoms with van der Waals surface area (Å²) < 4.78 is 26.0. The van der Waals surface area contributed by atoms with E-state index in [0.717, 1.165) is 17.4 Å². The molecular formula is C16H24BFO2. The molecule has 1 aromatic rings. The zero-order valence-electron chi connectivity index (χ0n) is 13.3. The SMILES string of the molecule is CC(C)Cc1ccc(B2OC(C)(C)C(C)(C)O2)cc1F. The fourth-order valence-corrected chi connectivity index (χ4v) is 2.29. The smallest absolute Gasteiger partial charge is 0.399 e. The average Bonchev–Trinajstić information content (AvgIpc) is 2.50. The maximum atomic E-state index is 14.1. The molecule has 0 saturated carbocycles. The average molecular weight is 278 g/mol. The van der Waals surface area contributed by atoms with E-state index in [2.05, 4.69) is 13.8 Å². The Hall–Kier alpha value is -0.865. The monoisotopic (exact) mass is 278 g/mol. The zero-order chi connectivity index (χ0) is 15.1. The standard InChI is InChI=1S/C16H24BFO2/c1-11(2)9-12-7-8-13(10-14(12)18)17-19-15(3,4)16(5,6)20-17/h7-8,10-11H,9H2,1-6H3. The minimum atomic E-state index is -0.498. The van der Waals surface area contributed by atoms with Gasteiger partial charge < -0.3 is 9.31 Å². The van der Waals surface area contributed by atoms with Crippen LogP contribution in [0, 0.1) is 11.7 Å². The lowest BCUT2D eigenvalue weighted by molar-refractivity contribution is 0.00578. The van der Waals surface area contributed by atoms with E-state index in [1.54, 1.807) is 6.07 Å². The number of rotatable bonds is 3. The Morgan fingerprint density at radius 3 is 2.10 bits per heavy atom. The normalized spacial score (nSPS) is 20.7. The van der Waals surface area contributed by atoms with Crippen molar-refractivity contribution in [1.82, 2.24) is 0 Å². The van der Waals surface area contributed by atoms with E-state index >= 15 is 0 Å². The molecule has 0 amide bonds. The van der Waals surface area contributed by atoms with Crippen LogP contribution in [0.3, 0.4) is 0 Å². The molecule has 0 aromatic heterocycles. The molecule has 20 heavy (non-hydrogen) atoms. The number of hydrogen-bond acceptors (Lipinski definition) is 2. The van der Waals surface area contributed by atoms with Gasteiger partial charge in [-0.25, -0.2) is 4.39 Å². The summed E-state index contributed by atoms with van der Waals surface area (Å²) in [6.45, 7) is 12.2. The van der Waals surface area contributed by atoms with Crippen molar-refractivity contribution in [1.29, 1.82) is 0 Å². The Morgan fingerprint density at radius 1 is 1.10 bits per heavy atom. The van der Waals surface area contributed by atoms with Gasteiger partial charge in [-0.3, -0.25) is 0 Å². The quantitative estimate of drug-likeness (QED) is 0.790. The van der Waals surface area contributed by atoms with E-state index in [-0.39, 0.29) is 5.82 Å². The maximum Gasteiger partial charge on any atom is 0.494 e. The second-order valence-electron chi connectivity index (χ2n) is 7.04. The Balaban J connectivity index is 2.22. The third kappa shape index (κ3) is 2.91. The van der Waals surface area contributed by atoms with Crippen molar-refractivity contribution >= 4 is 12.6 Å². The highest BCUT2D eigenvalue weighted by molar-refractivity contribution is 6.62. The Labute approximate surface area is 121 Å². The van der Waals surface area contributed by atoms with E-state index in [1.807, 2.05) is 39.8 Å². The molecule has 0 atom stereocenters. The summed E-state index contributed by atoms with van der Waals surface area (Å²) in [5.41, 5.74) is 0.698. The lowest BCUT2D eigenvalue weighted by Gasteiger charge is -2.32. The van der Waals surface area contributed by atoms with Gasteiger partial charge in [0.1, 0.15) is 5.82 Å². The van der Waals surface area contributed by atoms with Gasteiger partial charge in [-0.1, -0.05) is 26.0 Å². The van der Waals surface area contributed by atoms with Crippen LogP contribution < -0.4 is 5.46 Å². The first-order valence-corrected chi connectivity index (χ1v) is 7.26. The van der Waals surface area contributed by atoms with Gasteiger partial charge in [0, 0.05) is 0 Å². The first-order chi connectivity index (χ1) is 9.12. The summed E-state index contributed by atoms with van der Waals surface area (Å²) in [5, 5.41) is 0. The molecule has 2 rings (SSSR count). The number of halogens is 1. The molecular weight excluding hydrogens is 254 g/mol. The van der Waals surface area contributed by atoms with Gasteiger partial charge in [-0.2, -0.15) is 0 Å². The molecule has 0 spiro atoms. The molecule has 0 bridgehead atoms. The van der Waals surface area contributed by atoms with Crippen LogP contribution in [0.15, 0.2) is 18.2 Å². The molecule has 1 heterocycles. The van der Waals surface area contributed by atoms with Gasteiger partial charge in [-0.15, -0.1) is 0 Å². The molecule has 4 heteroatoms. The Bertz CT molecular complexity index is 481. The summed E-state index contributed by atoms with van der Waals surface area (Å²) in [5.74, 6) is 0.262. The van der Waals surface area contributed by atoms with E-state index < -0.39 is 18.3 Å². The lowest BCUT2D eigenvalue weighted by Crippen LogP contribution is -2.41.